The van der Waals surface area contributed by atoms with Crippen molar-refractivity contribution in [1.82, 2.24) is 4.98 Å². The molecule has 0 amide bonds. The van der Waals surface area contributed by atoms with E-state index in [2.05, 4.69) is 37.9 Å². The van der Waals surface area contributed by atoms with Gasteiger partial charge in [0.05, 0.1) is 6.54 Å². The van der Waals surface area contributed by atoms with Gasteiger partial charge in [-0.25, -0.2) is 4.98 Å². The Kier molecular flexibility index (Phi) is 3.85. The summed E-state index contributed by atoms with van der Waals surface area (Å²) in [6.45, 7) is 2.91. The maximum Gasteiger partial charge on any atom is 0.162 e. The van der Waals surface area contributed by atoms with Gasteiger partial charge in [-0.3, -0.25) is 4.99 Å². The molecule has 0 aliphatic carbocycles. The van der Waals surface area contributed by atoms with Gasteiger partial charge >= 0.3 is 0 Å². The van der Waals surface area contributed by atoms with E-state index in [0.717, 1.165) is 27.7 Å². The first kappa shape index (κ1) is 11.2. The maximum absolute atomic E-state index is 4.44. The van der Waals surface area contributed by atoms with Gasteiger partial charge in [-0.2, -0.15) is 0 Å². The zero-order chi connectivity index (χ0) is 10.7. The number of hydrogen-bond donors (Lipinski definition) is 1. The lowest BCUT2D eigenvalue weighted by atomic mass is 10.4. The summed E-state index contributed by atoms with van der Waals surface area (Å²) in [6, 6.07) is 5.95. The van der Waals surface area contributed by atoms with E-state index in [-0.39, 0.29) is 0 Å². The molecule has 0 aromatic carbocycles. The second kappa shape index (κ2) is 5.16. The Bertz CT molecular complexity index is 381. The summed E-state index contributed by atoms with van der Waals surface area (Å²) in [7, 11) is 0. The van der Waals surface area contributed by atoms with Gasteiger partial charge in [-0.15, -0.1) is 0 Å². The number of thioether (sulfide) groups is 1. The molecule has 80 valence electrons. The van der Waals surface area contributed by atoms with Gasteiger partial charge in [0.25, 0.3) is 0 Å². The number of pyridine rings is 1. The molecule has 0 bridgehead atoms. The Hall–Kier alpha value is -0.300. The van der Waals surface area contributed by atoms with Crippen molar-refractivity contribution in [2.24, 2.45) is 4.99 Å². The molecule has 0 radical (unpaired) electrons. The van der Waals surface area contributed by atoms with Crippen LogP contribution in [0.15, 0.2) is 23.2 Å². The predicted octanol–water partition coefficient (Wildman–Crippen LogP) is 2.71. The summed E-state index contributed by atoms with van der Waals surface area (Å²) in [5.74, 6) is 0.885. The van der Waals surface area contributed by atoms with E-state index in [1.807, 2.05) is 25.1 Å². The molecule has 5 heteroatoms. The molecule has 3 nitrogen and oxygen atoms in total. The second-order valence-corrected chi connectivity index (χ2v) is 5.50. The molecule has 1 N–H and O–H groups in total. The van der Waals surface area contributed by atoms with Crippen molar-refractivity contribution >= 4 is 45.3 Å². The van der Waals surface area contributed by atoms with Crippen LogP contribution in [0.5, 0.6) is 0 Å². The Balaban J connectivity index is 1.98. The number of nitrogens with zero attached hydrogens (tertiary/aromatic N) is 2. The third-order valence-corrected chi connectivity index (χ3v) is 4.78. The SMILES string of the molecule is Cc1cccc(NC2=NC[C@@H](CI)S2)n1. The number of aliphatic imine (C=N–C) groups is 1. The summed E-state index contributed by atoms with van der Waals surface area (Å²) in [4.78, 5) is 8.82. The van der Waals surface area contributed by atoms with Crippen LogP contribution in [-0.2, 0) is 0 Å². The molecule has 1 atom stereocenters. The monoisotopic (exact) mass is 333 g/mol. The van der Waals surface area contributed by atoms with Crippen LogP contribution in [0, 0.1) is 6.92 Å². The van der Waals surface area contributed by atoms with Gasteiger partial charge in [0.1, 0.15) is 5.82 Å². The molecule has 2 rings (SSSR count). The number of nitrogens with one attached hydrogen (secondary N) is 1. The van der Waals surface area contributed by atoms with Gasteiger partial charge in [0.2, 0.25) is 0 Å². The Morgan fingerprint density at radius 2 is 2.47 bits per heavy atom. The fourth-order valence-electron chi connectivity index (χ4n) is 1.29. The van der Waals surface area contributed by atoms with E-state index in [4.69, 9.17) is 0 Å². The second-order valence-electron chi connectivity index (χ2n) is 3.33. The highest BCUT2D eigenvalue weighted by molar-refractivity contribution is 14.1. The van der Waals surface area contributed by atoms with Gasteiger partial charge in [-0.05, 0) is 19.1 Å². The number of hydrogen-bond acceptors (Lipinski definition) is 4. The molecule has 0 spiro atoms. The van der Waals surface area contributed by atoms with Crippen molar-refractivity contribution in [2.45, 2.75) is 12.2 Å². The number of halogens is 1. The van der Waals surface area contributed by atoms with Crippen LogP contribution in [0.25, 0.3) is 0 Å². The molecule has 0 unspecified atom stereocenters. The van der Waals surface area contributed by atoms with E-state index in [9.17, 15) is 0 Å². The quantitative estimate of drug-likeness (QED) is 0.668. The van der Waals surface area contributed by atoms with E-state index >= 15 is 0 Å². The van der Waals surface area contributed by atoms with Crippen molar-refractivity contribution in [3.05, 3.63) is 23.9 Å². The van der Waals surface area contributed by atoms with Crippen LogP contribution in [0.1, 0.15) is 5.69 Å². The predicted molar refractivity (Wildman–Crippen MR) is 75.2 cm³/mol. The molecule has 15 heavy (non-hydrogen) atoms. The van der Waals surface area contributed by atoms with Gasteiger partial charge < -0.3 is 5.32 Å². The Morgan fingerprint density at radius 1 is 1.60 bits per heavy atom. The zero-order valence-electron chi connectivity index (χ0n) is 8.40. The minimum atomic E-state index is 0.623. The lowest BCUT2D eigenvalue weighted by Crippen LogP contribution is -2.09. The van der Waals surface area contributed by atoms with Crippen molar-refractivity contribution in [3.63, 3.8) is 0 Å². The molecule has 0 saturated heterocycles. The third-order valence-electron chi connectivity index (χ3n) is 2.01. The van der Waals surface area contributed by atoms with Crippen LogP contribution in [-0.4, -0.2) is 26.4 Å². The van der Waals surface area contributed by atoms with Gasteiger partial charge in [-0.1, -0.05) is 40.4 Å². The van der Waals surface area contributed by atoms with Crippen LogP contribution in [0.2, 0.25) is 0 Å². The third kappa shape index (κ3) is 3.07. The van der Waals surface area contributed by atoms with Gasteiger partial charge in [0.15, 0.2) is 5.17 Å². The zero-order valence-corrected chi connectivity index (χ0v) is 11.4. The lowest BCUT2D eigenvalue weighted by Gasteiger charge is -2.06. The van der Waals surface area contributed by atoms with Crippen molar-refractivity contribution < 1.29 is 0 Å². The summed E-state index contributed by atoms with van der Waals surface area (Å²) >= 11 is 4.20. The van der Waals surface area contributed by atoms with Crippen LogP contribution in [0.3, 0.4) is 0 Å². The van der Waals surface area contributed by atoms with Crippen LogP contribution < -0.4 is 5.32 Å². The molecule has 1 aromatic rings. The summed E-state index contributed by atoms with van der Waals surface area (Å²) < 4.78 is 1.14. The first-order chi connectivity index (χ1) is 7.28. The summed E-state index contributed by atoms with van der Waals surface area (Å²) in [5.41, 5.74) is 1.02. The molecular weight excluding hydrogens is 321 g/mol. The Morgan fingerprint density at radius 3 is 3.13 bits per heavy atom. The first-order valence-corrected chi connectivity index (χ1v) is 7.16. The molecule has 1 aromatic heterocycles. The molecule has 0 saturated carbocycles. The number of aromatic nitrogens is 1. The normalized spacial score (nSPS) is 20.1. The molecule has 1 aliphatic rings. The maximum atomic E-state index is 4.44. The molecule has 1 aliphatic heterocycles. The summed E-state index contributed by atoms with van der Waals surface area (Å²) in [6.07, 6.45) is 0. The minimum absolute atomic E-state index is 0.623. The average Bonchev–Trinajstić information content (AvgIpc) is 2.65. The van der Waals surface area contributed by atoms with E-state index in [1.54, 1.807) is 11.8 Å². The smallest absolute Gasteiger partial charge is 0.162 e. The first-order valence-electron chi connectivity index (χ1n) is 4.75. The molecule has 2 heterocycles. The summed E-state index contributed by atoms with van der Waals surface area (Å²) in [5, 5.41) is 4.86. The highest BCUT2D eigenvalue weighted by atomic mass is 127. The fraction of sp³-hybridized carbons (Fsp3) is 0.400. The standard InChI is InChI=1S/C10H12IN3S/c1-7-3-2-4-9(13-7)14-10-12-6-8(5-11)15-10/h2-4,8H,5-6H2,1H3,(H,12,13,14)/t8-/m1/s1. The number of anilines is 1. The highest BCUT2D eigenvalue weighted by Crippen LogP contribution is 2.23. The lowest BCUT2D eigenvalue weighted by molar-refractivity contribution is 0.999. The highest BCUT2D eigenvalue weighted by Gasteiger charge is 2.18. The topological polar surface area (TPSA) is 37.3 Å². The van der Waals surface area contributed by atoms with Gasteiger partial charge in [0, 0.05) is 15.4 Å². The van der Waals surface area contributed by atoms with Crippen molar-refractivity contribution in [3.8, 4) is 0 Å². The fourth-order valence-corrected chi connectivity index (χ4v) is 2.95. The minimum Gasteiger partial charge on any atom is -0.320 e. The van der Waals surface area contributed by atoms with Crippen molar-refractivity contribution in [1.29, 1.82) is 0 Å². The van der Waals surface area contributed by atoms with E-state index in [1.165, 1.54) is 0 Å². The average molecular weight is 333 g/mol. The molecular formula is C10H12IN3S. The molecule has 0 fully saturated rings. The van der Waals surface area contributed by atoms with Crippen LogP contribution >= 0.6 is 34.4 Å². The van der Waals surface area contributed by atoms with E-state index in [0.29, 0.717) is 5.25 Å². The number of rotatable bonds is 2. The van der Waals surface area contributed by atoms with E-state index < -0.39 is 0 Å². The van der Waals surface area contributed by atoms with Crippen molar-refractivity contribution in [2.75, 3.05) is 16.3 Å². The number of alkyl halides is 1. The largest absolute Gasteiger partial charge is 0.320 e. The Labute approximate surface area is 107 Å². The number of aryl methyl sites for hydroxylation is 1. The number of amidine groups is 1. The van der Waals surface area contributed by atoms with Crippen LogP contribution in [0.4, 0.5) is 5.82 Å².